The van der Waals surface area contributed by atoms with Crippen molar-refractivity contribution in [2.45, 2.75) is 26.1 Å². The summed E-state index contributed by atoms with van der Waals surface area (Å²) >= 11 is 5.39. The molecular weight excluding hydrogens is 452 g/mol. The predicted octanol–water partition coefficient (Wildman–Crippen LogP) is 4.12. The number of carbonyl (C=O) groups excluding carboxylic acids is 1. The van der Waals surface area contributed by atoms with Crippen molar-refractivity contribution in [1.29, 1.82) is 0 Å². The molecule has 1 N–H and O–H groups in total. The molecule has 0 saturated carbocycles. The van der Waals surface area contributed by atoms with E-state index in [4.69, 9.17) is 26.4 Å². The number of benzene rings is 2. The number of nitrogens with one attached hydrogen (secondary N) is 1. The molecule has 2 aromatic carbocycles. The number of amides is 1. The quantitative estimate of drug-likeness (QED) is 0.407. The zero-order chi connectivity index (χ0) is 24.1. The molecule has 1 saturated heterocycles. The number of hydrogen-bond acceptors (Lipinski definition) is 6. The maximum Gasteiger partial charge on any atom is 0.260 e. The average molecular weight is 481 g/mol. The topological polar surface area (TPSA) is 81.1 Å². The third-order valence-corrected chi connectivity index (χ3v) is 5.72. The predicted molar refractivity (Wildman–Crippen MR) is 133 cm³/mol. The second-order valence-electron chi connectivity index (χ2n) is 8.18. The van der Waals surface area contributed by atoms with Gasteiger partial charge in [-0.15, -0.1) is 0 Å². The summed E-state index contributed by atoms with van der Waals surface area (Å²) in [4.78, 5) is 17.5. The molecule has 2 atom stereocenters. The van der Waals surface area contributed by atoms with E-state index in [9.17, 15) is 4.79 Å². The van der Waals surface area contributed by atoms with E-state index in [1.807, 2.05) is 56.4 Å². The van der Waals surface area contributed by atoms with Crippen LogP contribution in [0.1, 0.15) is 19.4 Å². The van der Waals surface area contributed by atoms with E-state index in [-0.39, 0.29) is 24.7 Å². The number of carbonyl (C=O) groups is 1. The van der Waals surface area contributed by atoms with Crippen molar-refractivity contribution in [1.82, 2.24) is 14.6 Å². The Hall–Kier alpha value is -3.43. The Bertz CT molecular complexity index is 1210. The maximum absolute atomic E-state index is 12.6. The second-order valence-corrected chi connectivity index (χ2v) is 8.57. The van der Waals surface area contributed by atoms with Crippen LogP contribution in [0.25, 0.3) is 11.3 Å². The van der Waals surface area contributed by atoms with Crippen LogP contribution in [0.5, 0.6) is 11.5 Å². The minimum Gasteiger partial charge on any atom is -0.493 e. The number of aromatic nitrogens is 2. The molecule has 1 aromatic heterocycles. The van der Waals surface area contributed by atoms with Gasteiger partial charge < -0.3 is 24.1 Å². The minimum absolute atomic E-state index is 0.0121. The Morgan fingerprint density at radius 1 is 1.18 bits per heavy atom. The van der Waals surface area contributed by atoms with Crippen LogP contribution >= 0.6 is 12.2 Å². The molecule has 1 amide bonds. The number of hydrogen-bond donors (Lipinski definition) is 1. The lowest BCUT2D eigenvalue weighted by molar-refractivity contribution is -0.145. The van der Waals surface area contributed by atoms with Crippen LogP contribution in [0.4, 0.5) is 0 Å². The number of methoxy groups -OCH3 is 1. The number of aromatic amines is 1. The lowest BCUT2D eigenvalue weighted by Crippen LogP contribution is -2.49. The first kappa shape index (κ1) is 23.7. The molecule has 4 rings (SSSR count). The smallest absolute Gasteiger partial charge is 0.260 e. The first-order valence-corrected chi connectivity index (χ1v) is 11.5. The van der Waals surface area contributed by atoms with Gasteiger partial charge in [0.2, 0.25) is 0 Å². The van der Waals surface area contributed by atoms with E-state index >= 15 is 0 Å². The normalized spacial score (nSPS) is 18.3. The van der Waals surface area contributed by atoms with E-state index in [0.717, 1.165) is 16.8 Å². The van der Waals surface area contributed by atoms with Crippen LogP contribution in [0.2, 0.25) is 0 Å². The van der Waals surface area contributed by atoms with Gasteiger partial charge in [-0.2, -0.15) is 5.10 Å². The Balaban J connectivity index is 1.42. The molecule has 8 nitrogen and oxygen atoms in total. The Morgan fingerprint density at radius 3 is 2.62 bits per heavy atom. The maximum atomic E-state index is 12.6. The van der Waals surface area contributed by atoms with Gasteiger partial charge in [-0.3, -0.25) is 4.79 Å². The zero-order valence-electron chi connectivity index (χ0n) is 19.4. The van der Waals surface area contributed by atoms with Gasteiger partial charge in [0.25, 0.3) is 5.91 Å². The third kappa shape index (κ3) is 5.73. The Labute approximate surface area is 203 Å². The Morgan fingerprint density at radius 2 is 1.91 bits per heavy atom. The molecule has 3 aromatic rings. The SMILES string of the molecule is COc1cc(/C=N/n2cc(-c3ccccc3)[nH]c2=S)ccc1OCC(=O)N1CC(C)OC(C)C1. The summed E-state index contributed by atoms with van der Waals surface area (Å²) in [5, 5.41) is 4.46. The van der Waals surface area contributed by atoms with Gasteiger partial charge in [-0.25, -0.2) is 4.68 Å². The van der Waals surface area contributed by atoms with E-state index < -0.39 is 0 Å². The highest BCUT2D eigenvalue weighted by Crippen LogP contribution is 2.28. The van der Waals surface area contributed by atoms with Gasteiger partial charge >= 0.3 is 0 Å². The number of nitrogens with zero attached hydrogens (tertiary/aromatic N) is 3. The van der Waals surface area contributed by atoms with Crippen LogP contribution in [0.3, 0.4) is 0 Å². The summed E-state index contributed by atoms with van der Waals surface area (Å²) in [5.41, 5.74) is 2.72. The molecule has 1 aliphatic heterocycles. The first-order valence-electron chi connectivity index (χ1n) is 11.1. The number of ether oxygens (including phenoxy) is 3. The Kier molecular flexibility index (Phi) is 7.44. The fraction of sp³-hybridized carbons (Fsp3) is 0.320. The van der Waals surface area contributed by atoms with E-state index in [2.05, 4.69) is 10.1 Å². The molecule has 1 fully saturated rings. The average Bonchev–Trinajstić information content (AvgIpc) is 3.21. The van der Waals surface area contributed by atoms with Gasteiger partial charge in [-0.1, -0.05) is 30.3 Å². The fourth-order valence-electron chi connectivity index (χ4n) is 3.86. The van der Waals surface area contributed by atoms with Crippen molar-refractivity contribution in [2.24, 2.45) is 5.10 Å². The van der Waals surface area contributed by atoms with Crippen molar-refractivity contribution in [2.75, 3.05) is 26.8 Å². The second kappa shape index (κ2) is 10.7. The number of H-pyrrole nitrogens is 1. The number of imidazole rings is 1. The van der Waals surface area contributed by atoms with Crippen LogP contribution < -0.4 is 9.47 Å². The molecule has 34 heavy (non-hydrogen) atoms. The molecule has 0 spiro atoms. The number of rotatable bonds is 7. The van der Waals surface area contributed by atoms with Crippen molar-refractivity contribution >= 4 is 24.3 Å². The fourth-order valence-corrected chi connectivity index (χ4v) is 4.07. The summed E-state index contributed by atoms with van der Waals surface area (Å²) in [6.07, 6.45) is 3.56. The van der Waals surface area contributed by atoms with Gasteiger partial charge in [0.05, 0.1) is 37.4 Å². The highest BCUT2D eigenvalue weighted by atomic mass is 32.1. The summed E-state index contributed by atoms with van der Waals surface area (Å²) in [5.74, 6) is 0.931. The molecule has 0 bridgehead atoms. The number of morpholine rings is 1. The van der Waals surface area contributed by atoms with Crippen LogP contribution in [0, 0.1) is 4.77 Å². The van der Waals surface area contributed by atoms with E-state index in [0.29, 0.717) is 29.4 Å². The first-order chi connectivity index (χ1) is 16.4. The summed E-state index contributed by atoms with van der Waals surface area (Å²) in [6, 6.07) is 15.3. The minimum atomic E-state index is -0.0780. The van der Waals surface area contributed by atoms with Gasteiger partial charge in [0.1, 0.15) is 0 Å². The van der Waals surface area contributed by atoms with Gasteiger partial charge in [0.15, 0.2) is 22.9 Å². The summed E-state index contributed by atoms with van der Waals surface area (Å²) < 4.78 is 19.0. The lowest BCUT2D eigenvalue weighted by atomic mass is 10.2. The van der Waals surface area contributed by atoms with Crippen LogP contribution in [-0.4, -0.2) is 65.7 Å². The molecule has 1 aliphatic rings. The largest absolute Gasteiger partial charge is 0.493 e. The van der Waals surface area contributed by atoms with Crippen LogP contribution in [0.15, 0.2) is 59.8 Å². The van der Waals surface area contributed by atoms with Crippen LogP contribution in [-0.2, 0) is 9.53 Å². The molecule has 2 unspecified atom stereocenters. The van der Waals surface area contributed by atoms with Crippen molar-refractivity contribution < 1.29 is 19.0 Å². The summed E-state index contributed by atoms with van der Waals surface area (Å²) in [6.45, 7) is 4.98. The van der Waals surface area contributed by atoms with E-state index in [1.165, 1.54) is 0 Å². The van der Waals surface area contributed by atoms with Crippen molar-refractivity contribution in [3.8, 4) is 22.8 Å². The van der Waals surface area contributed by atoms with E-state index in [1.54, 1.807) is 35.0 Å². The molecule has 0 radical (unpaired) electrons. The lowest BCUT2D eigenvalue weighted by Gasteiger charge is -2.35. The van der Waals surface area contributed by atoms with Gasteiger partial charge in [0, 0.05) is 13.1 Å². The van der Waals surface area contributed by atoms with Crippen molar-refractivity contribution in [3.63, 3.8) is 0 Å². The monoisotopic (exact) mass is 480 g/mol. The van der Waals surface area contributed by atoms with Crippen molar-refractivity contribution in [3.05, 3.63) is 65.1 Å². The molecular formula is C25H28N4O4S. The third-order valence-electron chi connectivity index (χ3n) is 5.43. The molecule has 178 valence electrons. The highest BCUT2D eigenvalue weighted by Gasteiger charge is 2.26. The molecule has 2 heterocycles. The highest BCUT2D eigenvalue weighted by molar-refractivity contribution is 7.71. The molecule has 0 aliphatic carbocycles. The van der Waals surface area contributed by atoms with Gasteiger partial charge in [-0.05, 0) is 55.4 Å². The standard InChI is InChI=1S/C25H28N4O4S/c1-17-13-28(14-18(2)33-17)24(30)16-32-22-10-9-19(11-23(22)31-3)12-26-29-15-21(27-25(29)34)20-7-5-4-6-8-20/h4-12,15,17-18H,13-14,16H2,1-3H3,(H,27,34)/b26-12+. The zero-order valence-corrected chi connectivity index (χ0v) is 20.2. The summed E-state index contributed by atoms with van der Waals surface area (Å²) in [7, 11) is 1.56. The molecule has 9 heteroatoms.